The molecule has 0 heterocycles. The lowest BCUT2D eigenvalue weighted by molar-refractivity contribution is 0.307. The second kappa shape index (κ2) is 6.91. The summed E-state index contributed by atoms with van der Waals surface area (Å²) in [7, 11) is 0. The van der Waals surface area contributed by atoms with E-state index in [4.69, 9.17) is 16.2 Å². The van der Waals surface area contributed by atoms with Crippen molar-refractivity contribution in [1.29, 1.82) is 0 Å². The minimum absolute atomic E-state index is 0.252. The molecule has 3 nitrogen and oxygen atoms in total. The van der Waals surface area contributed by atoms with Gasteiger partial charge < -0.3 is 16.2 Å². The summed E-state index contributed by atoms with van der Waals surface area (Å²) in [6.07, 6.45) is 1.86. The summed E-state index contributed by atoms with van der Waals surface area (Å²) < 4.78 is 18.4. The first-order valence-electron chi connectivity index (χ1n) is 6.65. The van der Waals surface area contributed by atoms with Crippen molar-refractivity contribution >= 4 is 5.69 Å². The van der Waals surface area contributed by atoms with E-state index in [-0.39, 0.29) is 5.82 Å². The van der Waals surface area contributed by atoms with Gasteiger partial charge in [0.2, 0.25) is 0 Å². The summed E-state index contributed by atoms with van der Waals surface area (Å²) in [6.45, 7) is 1.04. The fraction of sp³-hybridized carbons (Fsp3) is 0.250. The molecule has 0 spiro atoms. The van der Waals surface area contributed by atoms with Crippen LogP contribution in [0.25, 0.3) is 0 Å². The molecule has 0 aliphatic heterocycles. The van der Waals surface area contributed by atoms with Crippen LogP contribution in [-0.2, 0) is 13.0 Å². The highest BCUT2D eigenvalue weighted by Gasteiger charge is 2.03. The van der Waals surface area contributed by atoms with Crippen LogP contribution in [0.1, 0.15) is 17.5 Å². The molecule has 4 heteroatoms. The molecule has 2 aromatic carbocycles. The quantitative estimate of drug-likeness (QED) is 0.796. The number of nitrogens with two attached hydrogens (primary N) is 2. The number of hydrogen-bond acceptors (Lipinski definition) is 3. The monoisotopic (exact) mass is 274 g/mol. The van der Waals surface area contributed by atoms with Crippen molar-refractivity contribution in [3.8, 4) is 5.75 Å². The van der Waals surface area contributed by atoms with Crippen LogP contribution in [0.4, 0.5) is 10.1 Å². The van der Waals surface area contributed by atoms with Gasteiger partial charge in [-0.3, -0.25) is 0 Å². The maximum Gasteiger partial charge on any atom is 0.142 e. The van der Waals surface area contributed by atoms with E-state index in [9.17, 15) is 4.39 Å². The normalized spacial score (nSPS) is 10.5. The number of hydrogen-bond donors (Lipinski definition) is 2. The summed E-state index contributed by atoms with van der Waals surface area (Å²) in [5, 5.41) is 0. The zero-order chi connectivity index (χ0) is 14.4. The second-order valence-electron chi connectivity index (χ2n) is 4.68. The molecule has 0 aliphatic rings. The summed E-state index contributed by atoms with van der Waals surface area (Å²) in [4.78, 5) is 0. The van der Waals surface area contributed by atoms with Crippen LogP contribution in [-0.4, -0.2) is 6.54 Å². The van der Waals surface area contributed by atoms with Gasteiger partial charge in [0.15, 0.2) is 0 Å². The number of aryl methyl sites for hydroxylation is 1. The Bertz CT molecular complexity index is 555. The van der Waals surface area contributed by atoms with Gasteiger partial charge in [0, 0.05) is 0 Å². The smallest absolute Gasteiger partial charge is 0.142 e. The maximum absolute atomic E-state index is 12.8. The third-order valence-electron chi connectivity index (χ3n) is 3.05. The van der Waals surface area contributed by atoms with Crippen molar-refractivity contribution in [2.75, 3.05) is 12.3 Å². The van der Waals surface area contributed by atoms with Gasteiger partial charge in [-0.15, -0.1) is 0 Å². The SMILES string of the molecule is NCCCc1ccc(OCc2ccc(F)cc2)c(N)c1. The topological polar surface area (TPSA) is 61.3 Å². The van der Waals surface area contributed by atoms with Crippen molar-refractivity contribution in [1.82, 2.24) is 0 Å². The van der Waals surface area contributed by atoms with Crippen molar-refractivity contribution in [2.24, 2.45) is 5.73 Å². The van der Waals surface area contributed by atoms with E-state index in [0.29, 0.717) is 24.6 Å². The Morgan fingerprint density at radius 1 is 1.00 bits per heavy atom. The predicted molar refractivity (Wildman–Crippen MR) is 79.0 cm³/mol. The van der Waals surface area contributed by atoms with E-state index in [0.717, 1.165) is 24.0 Å². The van der Waals surface area contributed by atoms with Crippen molar-refractivity contribution in [3.63, 3.8) is 0 Å². The number of rotatable bonds is 6. The Morgan fingerprint density at radius 3 is 2.35 bits per heavy atom. The molecule has 2 aromatic rings. The van der Waals surface area contributed by atoms with Crippen LogP contribution in [0.2, 0.25) is 0 Å². The minimum Gasteiger partial charge on any atom is -0.487 e. The fourth-order valence-electron chi connectivity index (χ4n) is 1.93. The Labute approximate surface area is 118 Å². The second-order valence-corrected chi connectivity index (χ2v) is 4.68. The molecule has 0 bridgehead atoms. The summed E-state index contributed by atoms with van der Waals surface area (Å²) in [5.74, 6) is 0.392. The highest BCUT2D eigenvalue weighted by molar-refractivity contribution is 5.54. The molecule has 0 amide bonds. The average Bonchev–Trinajstić information content (AvgIpc) is 2.46. The van der Waals surface area contributed by atoms with Crippen molar-refractivity contribution < 1.29 is 9.13 Å². The number of nitrogen functional groups attached to an aromatic ring is 1. The van der Waals surface area contributed by atoms with Gasteiger partial charge in [-0.25, -0.2) is 4.39 Å². The molecular weight excluding hydrogens is 255 g/mol. The predicted octanol–water partition coefficient (Wildman–Crippen LogP) is 2.88. The molecule has 0 saturated heterocycles. The van der Waals surface area contributed by atoms with Crippen LogP contribution in [0.5, 0.6) is 5.75 Å². The molecule has 0 fully saturated rings. The minimum atomic E-state index is -0.252. The third kappa shape index (κ3) is 3.96. The summed E-state index contributed by atoms with van der Waals surface area (Å²) >= 11 is 0. The standard InChI is InChI=1S/C16H19FN2O/c17-14-6-3-13(4-7-14)11-20-16-8-5-12(2-1-9-18)10-15(16)19/h3-8,10H,1-2,9,11,18-19H2. The molecule has 0 radical (unpaired) electrons. The molecule has 4 N–H and O–H groups in total. The van der Waals surface area contributed by atoms with Gasteiger partial charge in [-0.2, -0.15) is 0 Å². The number of ether oxygens (including phenoxy) is 1. The van der Waals surface area contributed by atoms with Crippen LogP contribution >= 0.6 is 0 Å². The Kier molecular flexibility index (Phi) is 4.96. The zero-order valence-electron chi connectivity index (χ0n) is 11.3. The molecule has 106 valence electrons. The van der Waals surface area contributed by atoms with Gasteiger partial charge in [-0.1, -0.05) is 18.2 Å². The van der Waals surface area contributed by atoms with Crippen molar-refractivity contribution in [3.05, 3.63) is 59.4 Å². The van der Waals surface area contributed by atoms with Crippen LogP contribution in [0, 0.1) is 5.82 Å². The fourth-order valence-corrected chi connectivity index (χ4v) is 1.93. The maximum atomic E-state index is 12.8. The third-order valence-corrected chi connectivity index (χ3v) is 3.05. The first-order chi connectivity index (χ1) is 9.69. The Balaban J connectivity index is 1.97. The Morgan fingerprint density at radius 2 is 1.70 bits per heavy atom. The van der Waals surface area contributed by atoms with E-state index in [1.165, 1.54) is 12.1 Å². The van der Waals surface area contributed by atoms with Gasteiger partial charge in [-0.05, 0) is 54.8 Å². The molecule has 20 heavy (non-hydrogen) atoms. The van der Waals surface area contributed by atoms with E-state index in [2.05, 4.69) is 0 Å². The molecular formula is C16H19FN2O. The van der Waals surface area contributed by atoms with Crippen molar-refractivity contribution in [2.45, 2.75) is 19.4 Å². The van der Waals surface area contributed by atoms with Gasteiger partial charge >= 0.3 is 0 Å². The highest BCUT2D eigenvalue weighted by atomic mass is 19.1. The Hall–Kier alpha value is -2.07. The lowest BCUT2D eigenvalue weighted by Gasteiger charge is -2.10. The lowest BCUT2D eigenvalue weighted by Crippen LogP contribution is -2.02. The largest absolute Gasteiger partial charge is 0.487 e. The average molecular weight is 274 g/mol. The first-order valence-corrected chi connectivity index (χ1v) is 6.65. The number of benzene rings is 2. The van der Waals surface area contributed by atoms with Crippen LogP contribution in [0.3, 0.4) is 0 Å². The molecule has 0 saturated carbocycles. The highest BCUT2D eigenvalue weighted by Crippen LogP contribution is 2.24. The van der Waals surface area contributed by atoms with Gasteiger partial charge in [0.1, 0.15) is 18.2 Å². The van der Waals surface area contributed by atoms with Crippen LogP contribution < -0.4 is 16.2 Å². The van der Waals surface area contributed by atoms with Gasteiger partial charge in [0.25, 0.3) is 0 Å². The van der Waals surface area contributed by atoms with E-state index in [1.807, 2.05) is 18.2 Å². The van der Waals surface area contributed by atoms with Gasteiger partial charge in [0.05, 0.1) is 5.69 Å². The number of anilines is 1. The molecule has 0 atom stereocenters. The van der Waals surface area contributed by atoms with E-state index in [1.54, 1.807) is 12.1 Å². The zero-order valence-corrected chi connectivity index (χ0v) is 11.3. The number of halogens is 1. The summed E-state index contributed by atoms with van der Waals surface area (Å²) in [6, 6.07) is 12.0. The first kappa shape index (κ1) is 14.3. The van der Waals surface area contributed by atoms with Crippen LogP contribution in [0.15, 0.2) is 42.5 Å². The van der Waals surface area contributed by atoms with E-state index < -0.39 is 0 Å². The molecule has 2 rings (SSSR count). The lowest BCUT2D eigenvalue weighted by atomic mass is 10.1. The molecule has 0 aliphatic carbocycles. The summed E-state index contributed by atoms with van der Waals surface area (Å²) in [5.41, 5.74) is 14.1. The van der Waals surface area contributed by atoms with E-state index >= 15 is 0 Å². The molecule has 0 aromatic heterocycles. The molecule has 0 unspecified atom stereocenters.